The predicted molar refractivity (Wildman–Crippen MR) is 219 cm³/mol. The number of carbonyl (C=O) groups excluding carboxylic acids is 8. The summed E-state index contributed by atoms with van der Waals surface area (Å²) in [7, 11) is 0. The van der Waals surface area contributed by atoms with Crippen molar-refractivity contribution in [2.24, 2.45) is 17.4 Å². The molecule has 2 unspecified atom stereocenters. The van der Waals surface area contributed by atoms with Crippen LogP contribution in [0.4, 0.5) is 0 Å². The standard InChI is InChI=1S/C44H53N7O9/c1-2-14-33(38(53)43(58)47-24-35(52)49-36(40(46)55)28-17-8-4-9-18-28)48-42(57)34-23-30(60-26-27-15-6-3-7-16-27)25-51(34)44(59)37(29-19-10-5-11-20-29)50-41(56)32-22-13-12-21-31(32)39(45)54/h3-4,6-9,12-13,15-18,21-22,29-30,33-34,36-37H,2,5,10-11,14,19-20,23-26H2,1H3,(H2,45,54)(H2,46,55)(H,47,58)(H,48,57)(H,49,52)(H,50,56)/t30-,33?,34+,36-,37?/m1/s1. The van der Waals surface area contributed by atoms with E-state index >= 15 is 0 Å². The fourth-order valence-corrected chi connectivity index (χ4v) is 7.75. The fraction of sp³-hybridized carbons (Fsp3) is 0.409. The maximum Gasteiger partial charge on any atom is 0.290 e. The van der Waals surface area contributed by atoms with E-state index in [2.05, 4.69) is 21.3 Å². The lowest BCUT2D eigenvalue weighted by atomic mass is 9.83. The van der Waals surface area contributed by atoms with Gasteiger partial charge in [0, 0.05) is 13.0 Å². The minimum Gasteiger partial charge on any atom is -0.372 e. The van der Waals surface area contributed by atoms with Crippen LogP contribution in [-0.4, -0.2) is 89.4 Å². The van der Waals surface area contributed by atoms with E-state index in [1.54, 1.807) is 49.4 Å². The van der Waals surface area contributed by atoms with Crippen molar-refractivity contribution in [3.8, 4) is 0 Å². The van der Waals surface area contributed by atoms with Crippen LogP contribution in [0.25, 0.3) is 0 Å². The van der Waals surface area contributed by atoms with Gasteiger partial charge in [0.05, 0.1) is 36.4 Å². The van der Waals surface area contributed by atoms with Gasteiger partial charge >= 0.3 is 0 Å². The molecule has 1 saturated heterocycles. The highest BCUT2D eigenvalue weighted by Crippen LogP contribution is 2.31. The van der Waals surface area contributed by atoms with E-state index in [1.165, 1.54) is 17.0 Å². The van der Waals surface area contributed by atoms with Gasteiger partial charge in [-0.1, -0.05) is 105 Å². The van der Waals surface area contributed by atoms with E-state index in [1.807, 2.05) is 30.3 Å². The van der Waals surface area contributed by atoms with Gasteiger partial charge in [-0.25, -0.2) is 0 Å². The van der Waals surface area contributed by atoms with Crippen molar-refractivity contribution in [2.45, 2.75) is 95.2 Å². The zero-order valence-electron chi connectivity index (χ0n) is 33.6. The molecule has 318 valence electrons. The Balaban J connectivity index is 1.33. The largest absolute Gasteiger partial charge is 0.372 e. The van der Waals surface area contributed by atoms with Crippen LogP contribution in [0, 0.1) is 5.92 Å². The monoisotopic (exact) mass is 823 g/mol. The number of amides is 7. The van der Waals surface area contributed by atoms with E-state index in [0.717, 1.165) is 24.8 Å². The molecule has 5 rings (SSSR count). The number of likely N-dealkylation sites (tertiary alicyclic amines) is 1. The maximum absolute atomic E-state index is 14.8. The van der Waals surface area contributed by atoms with Gasteiger partial charge in [0.15, 0.2) is 0 Å². The van der Waals surface area contributed by atoms with Crippen LogP contribution in [0.1, 0.15) is 96.2 Å². The summed E-state index contributed by atoms with van der Waals surface area (Å²) >= 11 is 0. The lowest BCUT2D eigenvalue weighted by Crippen LogP contribution is -2.58. The minimum absolute atomic E-state index is 0.00200. The highest BCUT2D eigenvalue weighted by molar-refractivity contribution is 6.38. The summed E-state index contributed by atoms with van der Waals surface area (Å²) in [5.74, 6) is -6.72. The van der Waals surface area contributed by atoms with Crippen LogP contribution in [0.2, 0.25) is 0 Å². The van der Waals surface area contributed by atoms with E-state index in [9.17, 15) is 38.4 Å². The quantitative estimate of drug-likeness (QED) is 0.0966. The highest BCUT2D eigenvalue weighted by Gasteiger charge is 2.45. The molecule has 2 fully saturated rings. The number of nitrogens with zero attached hydrogens (tertiary/aromatic N) is 1. The fourth-order valence-electron chi connectivity index (χ4n) is 7.75. The van der Waals surface area contributed by atoms with E-state index in [4.69, 9.17) is 16.2 Å². The van der Waals surface area contributed by atoms with Gasteiger partial charge in [0.1, 0.15) is 18.1 Å². The second kappa shape index (κ2) is 21.5. The van der Waals surface area contributed by atoms with Crippen molar-refractivity contribution in [2.75, 3.05) is 13.1 Å². The van der Waals surface area contributed by atoms with Crippen LogP contribution in [0.15, 0.2) is 84.9 Å². The molecule has 0 spiro atoms. The summed E-state index contributed by atoms with van der Waals surface area (Å²) < 4.78 is 6.22. The number of rotatable bonds is 19. The molecule has 0 aromatic heterocycles. The molecular formula is C44H53N7O9. The van der Waals surface area contributed by atoms with Crippen LogP contribution < -0.4 is 32.7 Å². The van der Waals surface area contributed by atoms with Crippen LogP contribution >= 0.6 is 0 Å². The molecule has 16 heteroatoms. The Morgan fingerprint density at radius 3 is 2.05 bits per heavy atom. The first-order chi connectivity index (χ1) is 28.9. The Morgan fingerprint density at radius 1 is 0.783 bits per heavy atom. The van der Waals surface area contributed by atoms with Gasteiger partial charge in [0.25, 0.3) is 11.8 Å². The average molecular weight is 824 g/mol. The summed E-state index contributed by atoms with van der Waals surface area (Å²) in [5, 5.41) is 10.3. The third kappa shape index (κ3) is 11.8. The molecule has 1 saturated carbocycles. The van der Waals surface area contributed by atoms with Crippen LogP contribution in [0.3, 0.4) is 0 Å². The van der Waals surface area contributed by atoms with Crippen LogP contribution in [-0.2, 0) is 40.1 Å². The molecule has 3 aromatic carbocycles. The molecule has 2 aliphatic rings. The highest BCUT2D eigenvalue weighted by atomic mass is 16.5. The number of Topliss-reactive ketones (excluding diaryl/α,β-unsaturated/α-hetero) is 1. The van der Waals surface area contributed by atoms with Gasteiger partial charge in [-0.15, -0.1) is 0 Å². The summed E-state index contributed by atoms with van der Waals surface area (Å²) in [6.07, 6.45) is 3.82. The molecule has 0 radical (unpaired) electrons. The van der Waals surface area contributed by atoms with Crippen LogP contribution in [0.5, 0.6) is 0 Å². The number of carbonyl (C=O) groups is 8. The smallest absolute Gasteiger partial charge is 0.290 e. The summed E-state index contributed by atoms with van der Waals surface area (Å²) in [4.78, 5) is 108. The number of nitrogens with two attached hydrogens (primary N) is 2. The molecule has 7 amide bonds. The van der Waals surface area contributed by atoms with Gasteiger partial charge < -0.3 is 42.4 Å². The Labute approximate surface area is 348 Å². The first-order valence-electron chi connectivity index (χ1n) is 20.3. The summed E-state index contributed by atoms with van der Waals surface area (Å²) in [5.41, 5.74) is 12.4. The molecular weight excluding hydrogens is 771 g/mol. The van der Waals surface area contributed by atoms with Crippen molar-refractivity contribution in [3.63, 3.8) is 0 Å². The zero-order chi connectivity index (χ0) is 43.2. The zero-order valence-corrected chi connectivity index (χ0v) is 33.6. The van der Waals surface area contributed by atoms with Gasteiger partial charge in [-0.05, 0) is 48.4 Å². The molecule has 16 nitrogen and oxygen atoms in total. The van der Waals surface area contributed by atoms with Gasteiger partial charge in [0.2, 0.25) is 35.3 Å². The number of ketones is 1. The number of nitrogens with one attached hydrogen (secondary N) is 4. The second-order valence-electron chi connectivity index (χ2n) is 15.1. The van der Waals surface area contributed by atoms with Crippen molar-refractivity contribution in [3.05, 3.63) is 107 Å². The molecule has 5 atom stereocenters. The Morgan fingerprint density at radius 2 is 1.42 bits per heavy atom. The molecule has 1 aliphatic carbocycles. The number of hydrogen-bond donors (Lipinski definition) is 6. The number of ether oxygens (including phenoxy) is 1. The van der Waals surface area contributed by atoms with Crippen molar-refractivity contribution >= 4 is 47.1 Å². The first kappa shape index (κ1) is 44.7. The predicted octanol–water partition coefficient (Wildman–Crippen LogP) is 1.96. The molecule has 1 aliphatic heterocycles. The van der Waals surface area contributed by atoms with E-state index < -0.39 is 83.9 Å². The summed E-state index contributed by atoms with van der Waals surface area (Å²) in [6, 6.07) is 19.0. The normalized spacial score (nSPS) is 18.0. The lowest BCUT2D eigenvalue weighted by molar-refractivity contribution is -0.143. The molecule has 0 bridgehead atoms. The maximum atomic E-state index is 14.8. The second-order valence-corrected chi connectivity index (χ2v) is 15.1. The third-order valence-electron chi connectivity index (χ3n) is 10.9. The first-order valence-corrected chi connectivity index (χ1v) is 20.3. The Bertz CT molecular complexity index is 2020. The van der Waals surface area contributed by atoms with Gasteiger partial charge in [-0.3, -0.25) is 38.4 Å². The molecule has 60 heavy (non-hydrogen) atoms. The number of primary amides is 2. The Kier molecular flexibility index (Phi) is 16.0. The molecule has 8 N–H and O–H groups in total. The van der Waals surface area contributed by atoms with Crippen molar-refractivity contribution in [1.82, 2.24) is 26.2 Å². The van der Waals surface area contributed by atoms with E-state index in [0.29, 0.717) is 24.8 Å². The SMILES string of the molecule is CCCC(NC(=O)[C@@H]1C[C@@H](OCc2ccccc2)CN1C(=O)C(NC(=O)c1ccccc1C(N)=O)C1CCCCC1)C(=O)C(=O)NCC(=O)N[C@@H](C(N)=O)c1ccccc1. The third-order valence-corrected chi connectivity index (χ3v) is 10.9. The van der Waals surface area contributed by atoms with Gasteiger partial charge in [-0.2, -0.15) is 0 Å². The molecule has 3 aromatic rings. The molecule has 1 heterocycles. The van der Waals surface area contributed by atoms with E-state index in [-0.39, 0.29) is 43.0 Å². The lowest BCUT2D eigenvalue weighted by Gasteiger charge is -2.35. The Hall–Kier alpha value is -6.42. The van der Waals surface area contributed by atoms with Crippen molar-refractivity contribution in [1.29, 1.82) is 0 Å². The minimum atomic E-state index is -1.31. The number of benzene rings is 3. The van der Waals surface area contributed by atoms with Crippen molar-refractivity contribution < 1.29 is 43.1 Å². The summed E-state index contributed by atoms with van der Waals surface area (Å²) in [6.45, 7) is 1.30. The topological polar surface area (TPSA) is 249 Å². The average Bonchev–Trinajstić information content (AvgIpc) is 3.70. The number of hydrogen-bond acceptors (Lipinski definition) is 9.